The molecule has 1 heterocycles. The number of carbonyl (C=O) groups excluding carboxylic acids is 2. The van der Waals surface area contributed by atoms with E-state index in [9.17, 15) is 9.59 Å². The number of hydrogen-bond acceptors (Lipinski definition) is 6. The van der Waals surface area contributed by atoms with Crippen molar-refractivity contribution < 1.29 is 14.3 Å². The molecule has 3 rings (SSSR count). The van der Waals surface area contributed by atoms with E-state index in [1.54, 1.807) is 10.9 Å². The average Bonchev–Trinajstić information content (AvgIpc) is 3.29. The summed E-state index contributed by atoms with van der Waals surface area (Å²) in [5, 5.41) is 22.2. The highest BCUT2D eigenvalue weighted by Crippen LogP contribution is 2.25. The number of aryl methyl sites for hydroxylation is 1. The lowest BCUT2D eigenvalue weighted by Crippen LogP contribution is -2.36. The first-order chi connectivity index (χ1) is 16.0. The van der Waals surface area contributed by atoms with Crippen LogP contribution in [0.3, 0.4) is 0 Å². The smallest absolute Gasteiger partial charge is 0.342 e. The molecule has 0 bridgehead atoms. The van der Waals surface area contributed by atoms with Crippen LogP contribution in [0.4, 0.5) is 0 Å². The van der Waals surface area contributed by atoms with Gasteiger partial charge in [0.25, 0.3) is 5.91 Å². The zero-order valence-corrected chi connectivity index (χ0v) is 18.3. The predicted octanol–water partition coefficient (Wildman–Crippen LogP) is 3.66. The van der Waals surface area contributed by atoms with Crippen LogP contribution < -0.4 is 0 Å². The van der Waals surface area contributed by atoms with Gasteiger partial charge in [-0.2, -0.15) is 15.6 Å². The highest BCUT2D eigenvalue weighted by Gasteiger charge is 2.22. The van der Waals surface area contributed by atoms with Gasteiger partial charge in [-0.25, -0.2) is 9.48 Å². The van der Waals surface area contributed by atoms with Crippen molar-refractivity contribution in [1.82, 2.24) is 14.7 Å². The number of aromatic nitrogens is 2. The fourth-order valence-corrected chi connectivity index (χ4v) is 3.19. The molecule has 1 aromatic heterocycles. The number of carbonyl (C=O) groups is 2. The molecule has 0 aliphatic rings. The Balaban J connectivity index is 1.83. The lowest BCUT2D eigenvalue weighted by Gasteiger charge is -2.20. The van der Waals surface area contributed by atoms with Gasteiger partial charge in [-0.05, 0) is 19.1 Å². The van der Waals surface area contributed by atoms with Crippen molar-refractivity contribution in [3.63, 3.8) is 0 Å². The Hall–Kier alpha value is -4.43. The molecule has 0 fully saturated rings. The van der Waals surface area contributed by atoms with E-state index in [-0.39, 0.29) is 31.5 Å². The molecule has 0 aliphatic heterocycles. The summed E-state index contributed by atoms with van der Waals surface area (Å²) in [6.45, 7) is 1.83. The van der Waals surface area contributed by atoms with Crippen LogP contribution in [-0.4, -0.2) is 46.3 Å². The molecule has 0 atom stereocenters. The Morgan fingerprint density at radius 1 is 1.00 bits per heavy atom. The van der Waals surface area contributed by atoms with Crippen molar-refractivity contribution >= 4 is 11.9 Å². The van der Waals surface area contributed by atoms with Gasteiger partial charge in [-0.3, -0.25) is 4.79 Å². The van der Waals surface area contributed by atoms with Gasteiger partial charge in [0.15, 0.2) is 6.61 Å². The largest absolute Gasteiger partial charge is 0.452 e. The number of ether oxygens (including phenoxy) is 1. The van der Waals surface area contributed by atoms with Crippen LogP contribution in [0.1, 0.15) is 28.8 Å². The summed E-state index contributed by atoms with van der Waals surface area (Å²) in [6, 6.07) is 20.9. The number of rotatable bonds is 9. The number of nitriles is 2. The van der Waals surface area contributed by atoms with E-state index < -0.39 is 18.5 Å². The Labute approximate surface area is 192 Å². The summed E-state index contributed by atoms with van der Waals surface area (Å²) in [7, 11) is 0. The molecule has 0 spiro atoms. The van der Waals surface area contributed by atoms with Gasteiger partial charge >= 0.3 is 5.97 Å². The van der Waals surface area contributed by atoms with E-state index in [4.69, 9.17) is 15.3 Å². The monoisotopic (exact) mass is 441 g/mol. The van der Waals surface area contributed by atoms with Gasteiger partial charge in [-0.1, -0.05) is 48.0 Å². The van der Waals surface area contributed by atoms with Crippen LogP contribution >= 0.6 is 0 Å². The lowest BCUT2D eigenvalue weighted by atomic mass is 10.1. The molecule has 0 N–H and O–H groups in total. The van der Waals surface area contributed by atoms with E-state index in [0.29, 0.717) is 5.69 Å². The summed E-state index contributed by atoms with van der Waals surface area (Å²) in [5.74, 6) is -1.14. The van der Waals surface area contributed by atoms with Crippen molar-refractivity contribution in [3.8, 4) is 29.1 Å². The lowest BCUT2D eigenvalue weighted by molar-refractivity contribution is -0.134. The van der Waals surface area contributed by atoms with E-state index in [1.165, 1.54) is 4.90 Å². The molecule has 0 aliphatic carbocycles. The Kier molecular flexibility index (Phi) is 7.93. The van der Waals surface area contributed by atoms with Crippen molar-refractivity contribution in [1.29, 1.82) is 10.5 Å². The third-order valence-electron chi connectivity index (χ3n) is 4.95. The Bertz CT molecular complexity index is 1170. The van der Waals surface area contributed by atoms with Crippen molar-refractivity contribution in [2.45, 2.75) is 19.8 Å². The topological polar surface area (TPSA) is 112 Å². The summed E-state index contributed by atoms with van der Waals surface area (Å²) in [4.78, 5) is 26.8. The maximum Gasteiger partial charge on any atom is 0.342 e. The second-order valence-corrected chi connectivity index (χ2v) is 7.31. The number of para-hydroxylation sites is 1. The standard InChI is InChI=1S/C25H23N5O3/c1-19-9-11-20(12-10-19)24-22(17-30(28-24)21-7-3-2-4-8-21)25(32)33-18-23(31)29(15-5-13-26)16-6-14-27/h2-4,7-12,17H,5-6,15-16,18H2,1H3. The van der Waals surface area contributed by atoms with Gasteiger partial charge in [-0.15, -0.1) is 0 Å². The summed E-state index contributed by atoms with van der Waals surface area (Å²) < 4.78 is 6.91. The van der Waals surface area contributed by atoms with E-state index in [0.717, 1.165) is 16.8 Å². The number of esters is 1. The molecule has 0 unspecified atom stereocenters. The van der Waals surface area contributed by atoms with Crippen LogP contribution in [-0.2, 0) is 9.53 Å². The quantitative estimate of drug-likeness (QED) is 0.469. The average molecular weight is 441 g/mol. The summed E-state index contributed by atoms with van der Waals surface area (Å²) in [6.07, 6.45) is 1.85. The molecule has 2 aromatic carbocycles. The minimum Gasteiger partial charge on any atom is -0.452 e. The number of amides is 1. The second-order valence-electron chi connectivity index (χ2n) is 7.31. The maximum absolute atomic E-state index is 13.0. The molecule has 1 amide bonds. The van der Waals surface area contributed by atoms with Gasteiger partial charge in [0.05, 0.1) is 30.7 Å². The first-order valence-corrected chi connectivity index (χ1v) is 10.4. The number of nitrogens with zero attached hydrogens (tertiary/aromatic N) is 5. The van der Waals surface area contributed by atoms with E-state index >= 15 is 0 Å². The SMILES string of the molecule is Cc1ccc(-c2nn(-c3ccccc3)cc2C(=O)OCC(=O)N(CCC#N)CCC#N)cc1. The normalized spacial score (nSPS) is 10.2. The minimum absolute atomic E-state index is 0.131. The number of hydrogen-bond donors (Lipinski definition) is 0. The molecule has 3 aromatic rings. The molecule has 0 radical (unpaired) electrons. The van der Waals surface area contributed by atoms with Gasteiger partial charge in [0.1, 0.15) is 11.3 Å². The van der Waals surface area contributed by atoms with Crippen molar-refractivity contribution in [2.75, 3.05) is 19.7 Å². The third kappa shape index (κ3) is 6.05. The van der Waals surface area contributed by atoms with E-state index in [2.05, 4.69) is 5.10 Å². The Morgan fingerprint density at radius 3 is 2.24 bits per heavy atom. The predicted molar refractivity (Wildman–Crippen MR) is 121 cm³/mol. The molecule has 0 saturated carbocycles. The van der Waals surface area contributed by atoms with Gasteiger partial charge in [0, 0.05) is 24.8 Å². The summed E-state index contributed by atoms with van der Waals surface area (Å²) in [5.41, 5.74) is 3.28. The first-order valence-electron chi connectivity index (χ1n) is 10.4. The fourth-order valence-electron chi connectivity index (χ4n) is 3.19. The minimum atomic E-state index is -0.679. The highest BCUT2D eigenvalue weighted by atomic mass is 16.5. The van der Waals surface area contributed by atoms with Crippen LogP contribution in [0.2, 0.25) is 0 Å². The molecular weight excluding hydrogens is 418 g/mol. The summed E-state index contributed by atoms with van der Waals surface area (Å²) >= 11 is 0. The zero-order valence-electron chi connectivity index (χ0n) is 18.3. The molecule has 8 nitrogen and oxygen atoms in total. The highest BCUT2D eigenvalue weighted by molar-refractivity contribution is 5.97. The fraction of sp³-hybridized carbons (Fsp3) is 0.240. The van der Waals surface area contributed by atoms with Crippen molar-refractivity contribution in [2.24, 2.45) is 0 Å². The van der Waals surface area contributed by atoms with Crippen LogP contribution in [0.5, 0.6) is 0 Å². The zero-order chi connectivity index (χ0) is 23.6. The van der Waals surface area contributed by atoms with Gasteiger partial charge < -0.3 is 9.64 Å². The molecular formula is C25H23N5O3. The molecule has 33 heavy (non-hydrogen) atoms. The second kappa shape index (κ2) is 11.3. The Morgan fingerprint density at radius 2 is 1.64 bits per heavy atom. The van der Waals surface area contributed by atoms with E-state index in [1.807, 2.05) is 73.7 Å². The first kappa shape index (κ1) is 23.2. The van der Waals surface area contributed by atoms with Gasteiger partial charge in [0.2, 0.25) is 0 Å². The molecule has 0 saturated heterocycles. The maximum atomic E-state index is 13.0. The van der Waals surface area contributed by atoms with Crippen LogP contribution in [0.25, 0.3) is 16.9 Å². The molecule has 166 valence electrons. The van der Waals surface area contributed by atoms with Crippen LogP contribution in [0, 0.1) is 29.6 Å². The molecule has 8 heteroatoms. The number of benzene rings is 2. The van der Waals surface area contributed by atoms with Crippen molar-refractivity contribution in [3.05, 3.63) is 71.9 Å². The third-order valence-corrected chi connectivity index (χ3v) is 4.95. The van der Waals surface area contributed by atoms with Crippen LogP contribution in [0.15, 0.2) is 60.8 Å².